The maximum atomic E-state index is 14.0. The van der Waals surface area contributed by atoms with Gasteiger partial charge < -0.3 is 19.5 Å². The molecule has 0 saturated carbocycles. The van der Waals surface area contributed by atoms with Crippen molar-refractivity contribution in [3.05, 3.63) is 84.2 Å². The Bertz CT molecular complexity index is 1840. The van der Waals surface area contributed by atoms with Gasteiger partial charge in [-0.2, -0.15) is 5.26 Å². The molecule has 2 aromatic carbocycles. The van der Waals surface area contributed by atoms with Crippen molar-refractivity contribution in [2.75, 3.05) is 26.3 Å². The van der Waals surface area contributed by atoms with Gasteiger partial charge >= 0.3 is 6.09 Å². The van der Waals surface area contributed by atoms with E-state index in [4.69, 9.17) is 9.47 Å². The van der Waals surface area contributed by atoms with Gasteiger partial charge in [-0.25, -0.2) is 22.2 Å². The number of ether oxygens (including phenoxy) is 2. The zero-order valence-electron chi connectivity index (χ0n) is 22.6. The Labute approximate surface area is 243 Å². The molecule has 4 aromatic rings. The van der Waals surface area contributed by atoms with E-state index in [0.717, 1.165) is 12.8 Å². The van der Waals surface area contributed by atoms with Gasteiger partial charge in [-0.05, 0) is 59.5 Å². The third-order valence-corrected chi connectivity index (χ3v) is 9.34. The number of hydrogen-bond donors (Lipinski definition) is 1. The third-order valence-electron chi connectivity index (χ3n) is 7.62. The Morgan fingerprint density at radius 1 is 1.10 bits per heavy atom. The lowest BCUT2D eigenvalue weighted by Crippen LogP contribution is -2.33. The largest absolute Gasteiger partial charge is 0.489 e. The summed E-state index contributed by atoms with van der Waals surface area (Å²) in [6.45, 7) is 1.64. The highest BCUT2D eigenvalue weighted by molar-refractivity contribution is 7.90. The van der Waals surface area contributed by atoms with Crippen molar-refractivity contribution in [3.8, 4) is 22.9 Å². The zero-order chi connectivity index (χ0) is 29.3. The van der Waals surface area contributed by atoms with E-state index in [9.17, 15) is 23.6 Å². The van der Waals surface area contributed by atoms with Crippen molar-refractivity contribution in [3.63, 3.8) is 0 Å². The number of pyridine rings is 1. The van der Waals surface area contributed by atoms with E-state index in [1.165, 1.54) is 21.0 Å². The monoisotopic (exact) mass is 584 g/mol. The fraction of sp³-hybridized carbons (Fsp3) is 0.258. The summed E-state index contributed by atoms with van der Waals surface area (Å²) in [6, 6.07) is 19.3. The minimum absolute atomic E-state index is 0.0232. The molecule has 11 heteroatoms. The SMILES string of the molecule is N#Cc1cc(-c2ccnc3c2cc(C2=CCN(C(=O)O)CC2)n3S(=O)(=O)c2ccccc2)ccc1OC1CCOCC1. The Hall–Kier alpha value is -4.66. The molecule has 0 radical (unpaired) electrons. The quantitative estimate of drug-likeness (QED) is 0.329. The number of benzene rings is 2. The number of nitrogens with zero attached hydrogens (tertiary/aromatic N) is 4. The van der Waals surface area contributed by atoms with Gasteiger partial charge in [0.15, 0.2) is 5.65 Å². The van der Waals surface area contributed by atoms with Gasteiger partial charge in [0.25, 0.3) is 10.0 Å². The van der Waals surface area contributed by atoms with Gasteiger partial charge in [0.2, 0.25) is 0 Å². The molecule has 0 unspecified atom stereocenters. The summed E-state index contributed by atoms with van der Waals surface area (Å²) in [5.41, 5.74) is 3.20. The second kappa shape index (κ2) is 11.3. The molecule has 2 aliphatic rings. The number of amides is 1. The molecule has 0 spiro atoms. The maximum absolute atomic E-state index is 14.0. The van der Waals surface area contributed by atoms with Crippen LogP contribution in [-0.2, 0) is 14.8 Å². The molecular weight excluding hydrogens is 556 g/mol. The molecule has 0 aliphatic carbocycles. The van der Waals surface area contributed by atoms with E-state index in [1.807, 2.05) is 6.07 Å². The van der Waals surface area contributed by atoms with Crippen LogP contribution in [0.4, 0.5) is 4.79 Å². The van der Waals surface area contributed by atoms with Crippen molar-refractivity contribution in [2.24, 2.45) is 0 Å². The van der Waals surface area contributed by atoms with E-state index in [2.05, 4.69) is 11.1 Å². The lowest BCUT2D eigenvalue weighted by Gasteiger charge is -2.24. The first-order valence-electron chi connectivity index (χ1n) is 13.6. The molecule has 6 rings (SSSR count). The maximum Gasteiger partial charge on any atom is 0.407 e. The van der Waals surface area contributed by atoms with Crippen molar-refractivity contribution in [2.45, 2.75) is 30.3 Å². The summed E-state index contributed by atoms with van der Waals surface area (Å²) in [4.78, 5) is 17.4. The van der Waals surface area contributed by atoms with Crippen molar-refractivity contribution < 1.29 is 27.8 Å². The van der Waals surface area contributed by atoms with E-state index in [0.29, 0.717) is 58.7 Å². The number of carbonyl (C=O) groups is 1. The van der Waals surface area contributed by atoms with Gasteiger partial charge in [-0.15, -0.1) is 0 Å². The summed E-state index contributed by atoms with van der Waals surface area (Å²) >= 11 is 0. The minimum atomic E-state index is -4.07. The van der Waals surface area contributed by atoms with E-state index in [1.54, 1.807) is 54.7 Å². The molecule has 1 saturated heterocycles. The summed E-state index contributed by atoms with van der Waals surface area (Å²) < 4.78 is 40.9. The fourth-order valence-corrected chi connectivity index (χ4v) is 6.94. The molecule has 1 N–H and O–H groups in total. The lowest BCUT2D eigenvalue weighted by molar-refractivity contribution is 0.0254. The van der Waals surface area contributed by atoms with E-state index < -0.39 is 16.1 Å². The highest BCUT2D eigenvalue weighted by Gasteiger charge is 2.28. The van der Waals surface area contributed by atoms with Crippen LogP contribution in [0, 0.1) is 11.3 Å². The van der Waals surface area contributed by atoms with Crippen LogP contribution in [0.5, 0.6) is 5.75 Å². The molecule has 0 atom stereocenters. The Balaban J connectivity index is 1.49. The first kappa shape index (κ1) is 27.5. The second-order valence-corrected chi connectivity index (χ2v) is 12.0. The smallest absolute Gasteiger partial charge is 0.407 e. The predicted molar refractivity (Wildman–Crippen MR) is 156 cm³/mol. The van der Waals surface area contributed by atoms with Gasteiger partial charge in [0.05, 0.1) is 29.4 Å². The molecule has 2 aliphatic heterocycles. The highest BCUT2D eigenvalue weighted by Crippen LogP contribution is 2.37. The summed E-state index contributed by atoms with van der Waals surface area (Å²) in [5, 5.41) is 19.9. The van der Waals surface area contributed by atoms with Crippen molar-refractivity contribution >= 4 is 32.7 Å². The average Bonchev–Trinajstić information content (AvgIpc) is 3.43. The molecule has 1 fully saturated rings. The molecule has 4 heterocycles. The molecule has 42 heavy (non-hydrogen) atoms. The van der Waals surface area contributed by atoms with Crippen molar-refractivity contribution in [1.82, 2.24) is 13.9 Å². The minimum Gasteiger partial charge on any atom is -0.489 e. The standard InChI is InChI=1S/C31H28N4O6S/c32-20-23-18-22(6-7-29(23)41-24-11-16-40-17-12-24)26-8-13-33-30-27(26)19-28(21-9-14-34(15-10-21)31(36)37)35(30)42(38,39)25-4-2-1-3-5-25/h1-9,13,18-19,24H,10-12,14-17H2,(H,36,37). The van der Waals surface area contributed by atoms with Crippen LogP contribution in [0.1, 0.15) is 30.5 Å². The average molecular weight is 585 g/mol. The first-order chi connectivity index (χ1) is 20.4. The third kappa shape index (κ3) is 5.11. The molecule has 214 valence electrons. The van der Waals surface area contributed by atoms with Crippen LogP contribution < -0.4 is 4.74 Å². The van der Waals surface area contributed by atoms with Crippen LogP contribution in [0.15, 0.2) is 77.8 Å². The van der Waals surface area contributed by atoms with Gasteiger partial charge in [0.1, 0.15) is 17.9 Å². The van der Waals surface area contributed by atoms with E-state index in [-0.39, 0.29) is 29.7 Å². The number of fused-ring (bicyclic) bond motifs is 1. The molecule has 2 aromatic heterocycles. The van der Waals surface area contributed by atoms with Gasteiger partial charge in [0, 0.05) is 37.5 Å². The summed E-state index contributed by atoms with van der Waals surface area (Å²) in [6.07, 6.45) is 4.11. The number of aromatic nitrogens is 2. The summed E-state index contributed by atoms with van der Waals surface area (Å²) in [5.74, 6) is 0.499. The van der Waals surface area contributed by atoms with Gasteiger partial charge in [-0.3, -0.25) is 0 Å². The predicted octanol–water partition coefficient (Wildman–Crippen LogP) is 5.14. The Kier molecular flexibility index (Phi) is 7.41. The number of nitriles is 1. The topological polar surface area (TPSA) is 135 Å². The number of hydrogen-bond acceptors (Lipinski definition) is 7. The molecule has 0 bridgehead atoms. The Morgan fingerprint density at radius 3 is 2.57 bits per heavy atom. The second-order valence-electron chi connectivity index (χ2n) is 10.2. The Morgan fingerprint density at radius 2 is 1.88 bits per heavy atom. The van der Waals surface area contributed by atoms with Crippen molar-refractivity contribution in [1.29, 1.82) is 5.26 Å². The van der Waals surface area contributed by atoms with Gasteiger partial charge in [-0.1, -0.05) is 30.3 Å². The van der Waals surface area contributed by atoms with Crippen LogP contribution in [0.2, 0.25) is 0 Å². The lowest BCUT2D eigenvalue weighted by atomic mass is 10.00. The highest BCUT2D eigenvalue weighted by atomic mass is 32.2. The zero-order valence-corrected chi connectivity index (χ0v) is 23.5. The number of rotatable bonds is 6. The first-order valence-corrected chi connectivity index (χ1v) is 15.1. The van der Waals surface area contributed by atoms with Crippen LogP contribution >= 0.6 is 0 Å². The fourth-order valence-electron chi connectivity index (χ4n) is 5.43. The van der Waals surface area contributed by atoms with Crippen LogP contribution in [0.25, 0.3) is 27.7 Å². The number of carboxylic acid groups (broad SMARTS) is 1. The van der Waals surface area contributed by atoms with E-state index >= 15 is 0 Å². The summed E-state index contributed by atoms with van der Waals surface area (Å²) in [7, 11) is -4.07. The molecule has 1 amide bonds. The normalized spacial score (nSPS) is 16.2. The van der Waals surface area contributed by atoms with Crippen LogP contribution in [-0.4, -0.2) is 65.9 Å². The molecule has 10 nitrogen and oxygen atoms in total. The van der Waals surface area contributed by atoms with Crippen LogP contribution in [0.3, 0.4) is 0 Å². The molecular formula is C31H28N4O6S.